The molecule has 1 atom stereocenters. The van der Waals surface area contributed by atoms with Crippen molar-refractivity contribution in [3.05, 3.63) is 77.9 Å². The van der Waals surface area contributed by atoms with Crippen LogP contribution < -0.4 is 5.32 Å². The second kappa shape index (κ2) is 7.05. The first-order valence-corrected chi connectivity index (χ1v) is 7.84. The first kappa shape index (κ1) is 16.5. The minimum atomic E-state index is -1.13. The zero-order valence-corrected chi connectivity index (χ0v) is 13.3. The van der Waals surface area contributed by atoms with E-state index in [2.05, 4.69) is 5.32 Å². The standard InChI is InChI=1S/C20H17NO4/c22-18-11-4-3-10-16(18)19(23)21-17(20(24)25)12-14-8-5-7-13-6-1-2-9-15(13)14/h1-11,17,22H,12H2,(H,21,23)(H,24,25). The van der Waals surface area contributed by atoms with Gasteiger partial charge in [-0.1, -0.05) is 54.6 Å². The van der Waals surface area contributed by atoms with E-state index in [0.29, 0.717) is 0 Å². The fraction of sp³-hybridized carbons (Fsp3) is 0.100. The number of rotatable bonds is 5. The zero-order valence-electron chi connectivity index (χ0n) is 13.3. The molecule has 0 saturated heterocycles. The molecule has 1 amide bonds. The van der Waals surface area contributed by atoms with Crippen molar-refractivity contribution < 1.29 is 19.8 Å². The molecule has 0 aliphatic rings. The van der Waals surface area contributed by atoms with Gasteiger partial charge in [-0.05, 0) is 28.5 Å². The van der Waals surface area contributed by atoms with Gasteiger partial charge in [0.2, 0.25) is 0 Å². The SMILES string of the molecule is O=C(NC(Cc1cccc2ccccc12)C(=O)O)c1ccccc1O. The maximum absolute atomic E-state index is 12.3. The van der Waals surface area contributed by atoms with Crippen LogP contribution in [-0.2, 0) is 11.2 Å². The van der Waals surface area contributed by atoms with Crippen molar-refractivity contribution in [2.24, 2.45) is 0 Å². The Kier molecular flexibility index (Phi) is 4.66. The number of amides is 1. The molecule has 0 saturated carbocycles. The lowest BCUT2D eigenvalue weighted by atomic mass is 9.98. The second-order valence-electron chi connectivity index (χ2n) is 5.72. The molecule has 25 heavy (non-hydrogen) atoms. The van der Waals surface area contributed by atoms with Gasteiger partial charge in [-0.2, -0.15) is 0 Å². The van der Waals surface area contributed by atoms with Crippen LogP contribution >= 0.6 is 0 Å². The first-order valence-electron chi connectivity index (χ1n) is 7.84. The smallest absolute Gasteiger partial charge is 0.326 e. The highest BCUT2D eigenvalue weighted by Crippen LogP contribution is 2.20. The lowest BCUT2D eigenvalue weighted by Crippen LogP contribution is -2.42. The second-order valence-corrected chi connectivity index (χ2v) is 5.72. The van der Waals surface area contributed by atoms with Gasteiger partial charge in [-0.3, -0.25) is 4.79 Å². The van der Waals surface area contributed by atoms with Gasteiger partial charge in [0.25, 0.3) is 5.91 Å². The number of carbonyl (C=O) groups excluding carboxylic acids is 1. The Hall–Kier alpha value is -3.34. The van der Waals surface area contributed by atoms with Crippen molar-refractivity contribution in [3.63, 3.8) is 0 Å². The average Bonchev–Trinajstić information content (AvgIpc) is 2.61. The predicted octanol–water partition coefficient (Wildman–Crippen LogP) is 2.97. The molecule has 0 bridgehead atoms. The van der Waals surface area contributed by atoms with E-state index in [0.717, 1.165) is 16.3 Å². The highest BCUT2D eigenvalue weighted by Gasteiger charge is 2.23. The molecule has 0 spiro atoms. The van der Waals surface area contributed by atoms with Crippen LogP contribution in [0.4, 0.5) is 0 Å². The van der Waals surface area contributed by atoms with E-state index >= 15 is 0 Å². The van der Waals surface area contributed by atoms with Crippen LogP contribution in [0.5, 0.6) is 5.75 Å². The lowest BCUT2D eigenvalue weighted by molar-refractivity contribution is -0.139. The third-order valence-corrected chi connectivity index (χ3v) is 4.06. The van der Waals surface area contributed by atoms with E-state index < -0.39 is 17.9 Å². The predicted molar refractivity (Wildman–Crippen MR) is 94.6 cm³/mol. The summed E-state index contributed by atoms with van der Waals surface area (Å²) in [5, 5.41) is 23.7. The highest BCUT2D eigenvalue weighted by atomic mass is 16.4. The quantitative estimate of drug-likeness (QED) is 0.669. The fourth-order valence-electron chi connectivity index (χ4n) is 2.79. The molecule has 0 aliphatic carbocycles. The van der Waals surface area contributed by atoms with Crippen LogP contribution in [0.2, 0.25) is 0 Å². The molecule has 3 N–H and O–H groups in total. The third kappa shape index (κ3) is 3.61. The summed E-state index contributed by atoms with van der Waals surface area (Å²) in [6, 6.07) is 18.3. The number of aromatic hydroxyl groups is 1. The molecule has 3 aromatic carbocycles. The van der Waals surface area contributed by atoms with Crippen molar-refractivity contribution in [2.45, 2.75) is 12.5 Å². The van der Waals surface area contributed by atoms with Crippen molar-refractivity contribution in [2.75, 3.05) is 0 Å². The van der Waals surface area contributed by atoms with E-state index in [1.54, 1.807) is 12.1 Å². The summed E-state index contributed by atoms with van der Waals surface area (Å²) in [7, 11) is 0. The number of benzene rings is 3. The molecular weight excluding hydrogens is 318 g/mol. The van der Waals surface area contributed by atoms with Crippen LogP contribution in [0, 0.1) is 0 Å². The summed E-state index contributed by atoms with van der Waals surface area (Å²) < 4.78 is 0. The Balaban J connectivity index is 1.86. The summed E-state index contributed by atoms with van der Waals surface area (Å²) in [4.78, 5) is 23.9. The molecule has 0 radical (unpaired) electrons. The number of hydrogen-bond acceptors (Lipinski definition) is 3. The third-order valence-electron chi connectivity index (χ3n) is 4.06. The lowest BCUT2D eigenvalue weighted by Gasteiger charge is -2.16. The number of carbonyl (C=O) groups is 2. The first-order chi connectivity index (χ1) is 12.1. The molecule has 126 valence electrons. The largest absolute Gasteiger partial charge is 0.507 e. The average molecular weight is 335 g/mol. The summed E-state index contributed by atoms with van der Waals surface area (Å²) in [5.41, 5.74) is 0.884. The molecule has 5 nitrogen and oxygen atoms in total. The van der Waals surface area contributed by atoms with E-state index in [1.165, 1.54) is 12.1 Å². The van der Waals surface area contributed by atoms with Crippen LogP contribution in [-0.4, -0.2) is 28.1 Å². The normalized spacial score (nSPS) is 11.8. The van der Waals surface area contributed by atoms with E-state index in [1.807, 2.05) is 42.5 Å². The topological polar surface area (TPSA) is 86.6 Å². The van der Waals surface area contributed by atoms with E-state index in [4.69, 9.17) is 0 Å². The Morgan fingerprint density at radius 1 is 0.920 bits per heavy atom. The van der Waals surface area contributed by atoms with Crippen LogP contribution in [0.3, 0.4) is 0 Å². The molecule has 0 aromatic heterocycles. The monoisotopic (exact) mass is 335 g/mol. The number of carboxylic acids is 1. The van der Waals surface area contributed by atoms with Crippen molar-refractivity contribution in [1.82, 2.24) is 5.32 Å². The van der Waals surface area contributed by atoms with E-state index in [-0.39, 0.29) is 17.7 Å². The van der Waals surface area contributed by atoms with Gasteiger partial charge in [0, 0.05) is 6.42 Å². The summed E-state index contributed by atoms with van der Waals surface area (Å²) in [6.07, 6.45) is 0.149. The number of phenols is 1. The number of fused-ring (bicyclic) bond motifs is 1. The number of para-hydroxylation sites is 1. The molecule has 1 unspecified atom stereocenters. The van der Waals surface area contributed by atoms with Gasteiger partial charge in [-0.15, -0.1) is 0 Å². The minimum absolute atomic E-state index is 0.0478. The molecule has 0 aliphatic heterocycles. The van der Waals surface area contributed by atoms with Gasteiger partial charge in [-0.25, -0.2) is 4.79 Å². The Labute approximate surface area is 144 Å². The Morgan fingerprint density at radius 3 is 2.36 bits per heavy atom. The minimum Gasteiger partial charge on any atom is -0.507 e. The van der Waals surface area contributed by atoms with Crippen molar-refractivity contribution >= 4 is 22.6 Å². The Bertz CT molecular complexity index is 930. The number of nitrogens with one attached hydrogen (secondary N) is 1. The number of phenolic OH excluding ortho intramolecular Hbond substituents is 1. The van der Waals surface area contributed by atoms with Gasteiger partial charge < -0.3 is 15.5 Å². The van der Waals surface area contributed by atoms with Gasteiger partial charge in [0.1, 0.15) is 11.8 Å². The van der Waals surface area contributed by atoms with Crippen molar-refractivity contribution in [3.8, 4) is 5.75 Å². The van der Waals surface area contributed by atoms with Crippen LogP contribution in [0.1, 0.15) is 15.9 Å². The summed E-state index contributed by atoms with van der Waals surface area (Å²) in [6.45, 7) is 0. The maximum Gasteiger partial charge on any atom is 0.326 e. The Morgan fingerprint density at radius 2 is 1.60 bits per heavy atom. The van der Waals surface area contributed by atoms with Crippen LogP contribution in [0.15, 0.2) is 66.7 Å². The van der Waals surface area contributed by atoms with E-state index in [9.17, 15) is 19.8 Å². The maximum atomic E-state index is 12.3. The summed E-state index contributed by atoms with van der Waals surface area (Å²) in [5.74, 6) is -1.93. The number of hydrogen-bond donors (Lipinski definition) is 3. The van der Waals surface area contributed by atoms with Gasteiger partial charge in [0.05, 0.1) is 5.56 Å². The van der Waals surface area contributed by atoms with Crippen molar-refractivity contribution in [1.29, 1.82) is 0 Å². The molecule has 3 rings (SSSR count). The fourth-order valence-corrected chi connectivity index (χ4v) is 2.79. The molecule has 3 aromatic rings. The molecular formula is C20H17NO4. The molecule has 0 heterocycles. The van der Waals surface area contributed by atoms with Gasteiger partial charge >= 0.3 is 5.97 Å². The summed E-state index contributed by atoms with van der Waals surface area (Å²) >= 11 is 0. The number of aliphatic carboxylic acids is 1. The molecule has 5 heteroatoms. The molecule has 0 fully saturated rings. The highest BCUT2D eigenvalue weighted by molar-refractivity contribution is 5.99. The number of carboxylic acid groups (broad SMARTS) is 1. The van der Waals surface area contributed by atoms with Gasteiger partial charge in [0.15, 0.2) is 0 Å². The zero-order chi connectivity index (χ0) is 17.8. The van der Waals surface area contributed by atoms with Crippen LogP contribution in [0.25, 0.3) is 10.8 Å².